The minimum Gasteiger partial charge on any atom is -0.508 e. The Bertz CT molecular complexity index is 786. The number of phenolic OH excluding ortho intramolecular Hbond substituents is 1. The second-order valence-electron chi connectivity index (χ2n) is 5.83. The summed E-state index contributed by atoms with van der Waals surface area (Å²) in [6.45, 7) is 3.93. The highest BCUT2D eigenvalue weighted by molar-refractivity contribution is 6.01. The molecule has 2 rings (SSSR count). The van der Waals surface area contributed by atoms with Gasteiger partial charge >= 0.3 is 0 Å². The SMILES string of the molecule is Cc1ccc(CC(C)NC(=O)/C(C#N)=C/c2cccc(O)c2)cc1. The van der Waals surface area contributed by atoms with Crippen LogP contribution < -0.4 is 5.32 Å². The first-order valence-electron chi connectivity index (χ1n) is 7.75. The molecule has 2 aromatic carbocycles. The molecular formula is C20H20N2O2. The smallest absolute Gasteiger partial charge is 0.262 e. The van der Waals surface area contributed by atoms with Crippen LogP contribution >= 0.6 is 0 Å². The van der Waals surface area contributed by atoms with Crippen molar-refractivity contribution in [3.63, 3.8) is 0 Å². The van der Waals surface area contributed by atoms with Gasteiger partial charge in [0, 0.05) is 6.04 Å². The number of aromatic hydroxyl groups is 1. The monoisotopic (exact) mass is 320 g/mol. The third-order valence-electron chi connectivity index (χ3n) is 3.59. The third kappa shape index (κ3) is 4.99. The highest BCUT2D eigenvalue weighted by Crippen LogP contribution is 2.14. The van der Waals surface area contributed by atoms with Crippen molar-refractivity contribution < 1.29 is 9.90 Å². The van der Waals surface area contributed by atoms with E-state index in [1.165, 1.54) is 23.8 Å². The Labute approximate surface area is 142 Å². The van der Waals surface area contributed by atoms with Crippen LogP contribution in [-0.4, -0.2) is 17.1 Å². The second-order valence-corrected chi connectivity index (χ2v) is 5.83. The van der Waals surface area contributed by atoms with Crippen LogP contribution in [0.2, 0.25) is 0 Å². The van der Waals surface area contributed by atoms with Crippen molar-refractivity contribution in [1.29, 1.82) is 5.26 Å². The summed E-state index contributed by atoms with van der Waals surface area (Å²) in [6.07, 6.45) is 2.16. The van der Waals surface area contributed by atoms with Gasteiger partial charge in [-0.2, -0.15) is 5.26 Å². The van der Waals surface area contributed by atoms with E-state index in [0.717, 1.165) is 5.56 Å². The van der Waals surface area contributed by atoms with Crippen LogP contribution in [0, 0.1) is 18.3 Å². The quantitative estimate of drug-likeness (QED) is 0.655. The molecule has 1 unspecified atom stereocenters. The van der Waals surface area contributed by atoms with Crippen molar-refractivity contribution in [3.8, 4) is 11.8 Å². The molecule has 0 radical (unpaired) electrons. The summed E-state index contributed by atoms with van der Waals surface area (Å²) in [7, 11) is 0. The molecule has 4 heteroatoms. The predicted octanol–water partition coefficient (Wildman–Crippen LogP) is 3.36. The second kappa shape index (κ2) is 7.98. The Morgan fingerprint density at radius 2 is 2.00 bits per heavy atom. The summed E-state index contributed by atoms with van der Waals surface area (Å²) in [6, 6.07) is 16.4. The predicted molar refractivity (Wildman–Crippen MR) is 94.2 cm³/mol. The van der Waals surface area contributed by atoms with Gasteiger partial charge in [0.25, 0.3) is 5.91 Å². The first-order valence-corrected chi connectivity index (χ1v) is 7.75. The van der Waals surface area contributed by atoms with Gasteiger partial charge in [-0.05, 0) is 49.6 Å². The van der Waals surface area contributed by atoms with Gasteiger partial charge in [-0.3, -0.25) is 4.79 Å². The average molecular weight is 320 g/mol. The van der Waals surface area contributed by atoms with Crippen LogP contribution in [0.25, 0.3) is 6.08 Å². The van der Waals surface area contributed by atoms with Crippen molar-refractivity contribution in [2.24, 2.45) is 0 Å². The molecule has 0 aliphatic carbocycles. The molecule has 0 aliphatic heterocycles. The maximum absolute atomic E-state index is 12.3. The van der Waals surface area contributed by atoms with Gasteiger partial charge in [-0.25, -0.2) is 0 Å². The number of amides is 1. The summed E-state index contributed by atoms with van der Waals surface area (Å²) in [5, 5.41) is 21.5. The van der Waals surface area contributed by atoms with E-state index >= 15 is 0 Å². The minimum absolute atomic E-state index is 0.0105. The zero-order valence-corrected chi connectivity index (χ0v) is 13.8. The number of carbonyl (C=O) groups is 1. The number of nitrogens with zero attached hydrogens (tertiary/aromatic N) is 1. The molecule has 1 atom stereocenters. The number of carbonyl (C=O) groups excluding carboxylic acids is 1. The summed E-state index contributed by atoms with van der Waals surface area (Å²) >= 11 is 0. The summed E-state index contributed by atoms with van der Waals surface area (Å²) < 4.78 is 0. The van der Waals surface area contributed by atoms with Gasteiger partial charge in [-0.15, -0.1) is 0 Å². The molecule has 0 aromatic heterocycles. The van der Waals surface area contributed by atoms with Gasteiger partial charge in [0.2, 0.25) is 0 Å². The molecule has 2 N–H and O–H groups in total. The summed E-state index contributed by atoms with van der Waals surface area (Å²) in [4.78, 5) is 12.3. The highest BCUT2D eigenvalue weighted by Gasteiger charge is 2.13. The highest BCUT2D eigenvalue weighted by atomic mass is 16.3. The van der Waals surface area contributed by atoms with Crippen molar-refractivity contribution in [1.82, 2.24) is 5.32 Å². The van der Waals surface area contributed by atoms with Crippen LogP contribution in [0.15, 0.2) is 54.1 Å². The number of hydrogen-bond donors (Lipinski definition) is 2. The zero-order chi connectivity index (χ0) is 17.5. The van der Waals surface area contributed by atoms with Crippen molar-refractivity contribution >= 4 is 12.0 Å². The van der Waals surface area contributed by atoms with E-state index in [1.54, 1.807) is 12.1 Å². The third-order valence-corrected chi connectivity index (χ3v) is 3.59. The fourth-order valence-corrected chi connectivity index (χ4v) is 2.36. The fraction of sp³-hybridized carbons (Fsp3) is 0.200. The van der Waals surface area contributed by atoms with Crippen molar-refractivity contribution in [2.75, 3.05) is 0 Å². The molecular weight excluding hydrogens is 300 g/mol. The van der Waals surface area contributed by atoms with Gasteiger partial charge in [-0.1, -0.05) is 42.0 Å². The number of nitrogens with one attached hydrogen (secondary N) is 1. The zero-order valence-electron chi connectivity index (χ0n) is 13.8. The van der Waals surface area contributed by atoms with E-state index in [4.69, 9.17) is 0 Å². The van der Waals surface area contributed by atoms with E-state index < -0.39 is 5.91 Å². The Morgan fingerprint density at radius 3 is 2.62 bits per heavy atom. The van der Waals surface area contributed by atoms with Crippen molar-refractivity contribution in [3.05, 3.63) is 70.8 Å². The van der Waals surface area contributed by atoms with E-state index in [1.807, 2.05) is 44.2 Å². The minimum atomic E-state index is -0.416. The molecule has 0 spiro atoms. The van der Waals surface area contributed by atoms with Crippen LogP contribution in [0.3, 0.4) is 0 Å². The number of benzene rings is 2. The molecule has 4 nitrogen and oxygen atoms in total. The molecule has 0 saturated heterocycles. The number of hydrogen-bond acceptors (Lipinski definition) is 3. The van der Waals surface area contributed by atoms with E-state index in [2.05, 4.69) is 5.32 Å². The van der Waals surface area contributed by atoms with Crippen LogP contribution in [0.1, 0.15) is 23.6 Å². The first-order chi connectivity index (χ1) is 11.5. The van der Waals surface area contributed by atoms with Gasteiger partial charge in [0.05, 0.1) is 0 Å². The Balaban J connectivity index is 2.03. The largest absolute Gasteiger partial charge is 0.508 e. The van der Waals surface area contributed by atoms with E-state index in [0.29, 0.717) is 12.0 Å². The Morgan fingerprint density at radius 1 is 1.29 bits per heavy atom. The lowest BCUT2D eigenvalue weighted by Crippen LogP contribution is -2.34. The molecule has 0 fully saturated rings. The standard InChI is InChI=1S/C20H20N2O2/c1-14-6-8-16(9-7-14)10-15(2)22-20(24)18(13-21)11-17-4-3-5-19(23)12-17/h3-9,11-12,15,23H,10H2,1-2H3,(H,22,24)/b18-11+. The summed E-state index contributed by atoms with van der Waals surface area (Å²) in [5.74, 6) is -0.324. The first kappa shape index (κ1) is 17.3. The lowest BCUT2D eigenvalue weighted by atomic mass is 10.0. The van der Waals surface area contributed by atoms with E-state index in [9.17, 15) is 15.2 Å². The van der Waals surface area contributed by atoms with Gasteiger partial charge < -0.3 is 10.4 Å². The number of nitriles is 1. The molecule has 0 saturated carbocycles. The lowest BCUT2D eigenvalue weighted by molar-refractivity contribution is -0.117. The Hall–Kier alpha value is -3.06. The Kier molecular flexibility index (Phi) is 5.75. The van der Waals surface area contributed by atoms with Crippen LogP contribution in [-0.2, 0) is 11.2 Å². The number of phenols is 1. The molecule has 0 heterocycles. The maximum atomic E-state index is 12.3. The molecule has 122 valence electrons. The molecule has 2 aromatic rings. The average Bonchev–Trinajstić information content (AvgIpc) is 2.54. The summed E-state index contributed by atoms with van der Waals surface area (Å²) in [5.41, 5.74) is 2.93. The van der Waals surface area contributed by atoms with E-state index in [-0.39, 0.29) is 17.4 Å². The molecule has 0 aliphatic rings. The van der Waals surface area contributed by atoms with Gasteiger partial charge in [0.1, 0.15) is 17.4 Å². The fourth-order valence-electron chi connectivity index (χ4n) is 2.36. The molecule has 0 bridgehead atoms. The topological polar surface area (TPSA) is 73.1 Å². The van der Waals surface area contributed by atoms with Gasteiger partial charge in [0.15, 0.2) is 0 Å². The van der Waals surface area contributed by atoms with Crippen molar-refractivity contribution in [2.45, 2.75) is 26.3 Å². The van der Waals surface area contributed by atoms with Crippen LogP contribution in [0.4, 0.5) is 0 Å². The lowest BCUT2D eigenvalue weighted by Gasteiger charge is -2.14. The normalized spacial score (nSPS) is 12.3. The maximum Gasteiger partial charge on any atom is 0.262 e. The van der Waals surface area contributed by atoms with Crippen LogP contribution in [0.5, 0.6) is 5.75 Å². The molecule has 1 amide bonds. The number of aryl methyl sites for hydroxylation is 1. The number of rotatable bonds is 5. The molecule has 24 heavy (non-hydrogen) atoms.